The zero-order valence-electron chi connectivity index (χ0n) is 17.8. The minimum atomic E-state index is -0.0706. The number of benzene rings is 2. The summed E-state index contributed by atoms with van der Waals surface area (Å²) in [5, 5.41) is 12.4. The lowest BCUT2D eigenvalue weighted by Gasteiger charge is -2.13. The molecule has 1 amide bonds. The van der Waals surface area contributed by atoms with Gasteiger partial charge in [0.1, 0.15) is 0 Å². The number of carbonyl (C=O) groups excluding carboxylic acids is 1. The van der Waals surface area contributed by atoms with Gasteiger partial charge >= 0.3 is 0 Å². The molecule has 7 heteroatoms. The number of thioether (sulfide) groups is 1. The van der Waals surface area contributed by atoms with Crippen LogP contribution in [-0.4, -0.2) is 40.5 Å². The van der Waals surface area contributed by atoms with Gasteiger partial charge in [0, 0.05) is 37.6 Å². The highest BCUT2D eigenvalue weighted by atomic mass is 32.2. The van der Waals surface area contributed by atoms with Crippen LogP contribution < -0.4 is 10.2 Å². The van der Waals surface area contributed by atoms with Crippen LogP contribution in [0.1, 0.15) is 11.1 Å². The van der Waals surface area contributed by atoms with E-state index in [2.05, 4.69) is 22.1 Å². The predicted molar refractivity (Wildman–Crippen MR) is 125 cm³/mol. The molecule has 0 aliphatic rings. The number of amides is 1. The molecule has 1 heterocycles. The number of nitrogens with one attached hydrogen (secondary N) is 1. The van der Waals surface area contributed by atoms with Crippen molar-refractivity contribution in [2.24, 2.45) is 0 Å². The first-order valence-electron chi connectivity index (χ1n) is 9.71. The summed E-state index contributed by atoms with van der Waals surface area (Å²) in [4.78, 5) is 14.5. The standard InChI is InChI=1S/C23H27N5OS/c1-6-13-28-22(18-9-11-19(12-10-18)27(4)5)25-26-23(28)30-15-21(29)24-20-14-16(2)7-8-17(20)3/h6-12,14H,1,13,15H2,2-5H3,(H,24,29). The third kappa shape index (κ3) is 5.10. The molecule has 0 saturated heterocycles. The SMILES string of the molecule is C=CCn1c(SCC(=O)Nc2cc(C)ccc2C)nnc1-c1ccc(N(C)C)cc1. The summed E-state index contributed by atoms with van der Waals surface area (Å²) in [5.41, 5.74) is 5.08. The molecule has 0 atom stereocenters. The van der Waals surface area contributed by atoms with Gasteiger partial charge in [0.05, 0.1) is 5.75 Å². The summed E-state index contributed by atoms with van der Waals surface area (Å²) in [6.07, 6.45) is 1.81. The maximum atomic E-state index is 12.5. The molecule has 0 saturated carbocycles. The number of hydrogen-bond acceptors (Lipinski definition) is 5. The van der Waals surface area contributed by atoms with Crippen LogP contribution in [0.5, 0.6) is 0 Å². The van der Waals surface area contributed by atoms with Gasteiger partial charge in [-0.2, -0.15) is 0 Å². The van der Waals surface area contributed by atoms with Crippen LogP contribution in [0.4, 0.5) is 11.4 Å². The number of carbonyl (C=O) groups is 1. The van der Waals surface area contributed by atoms with Gasteiger partial charge in [0.25, 0.3) is 0 Å². The first-order chi connectivity index (χ1) is 14.4. The van der Waals surface area contributed by atoms with Gasteiger partial charge in [-0.15, -0.1) is 16.8 Å². The number of rotatable bonds is 8. The Hall–Kier alpha value is -3.06. The summed E-state index contributed by atoms with van der Waals surface area (Å²) in [5.74, 6) is 0.943. The fourth-order valence-electron chi connectivity index (χ4n) is 3.00. The van der Waals surface area contributed by atoms with Crippen LogP contribution in [0.3, 0.4) is 0 Å². The molecule has 1 N–H and O–H groups in total. The van der Waals surface area contributed by atoms with Crippen LogP contribution >= 0.6 is 11.8 Å². The van der Waals surface area contributed by atoms with Crippen molar-refractivity contribution in [2.75, 3.05) is 30.1 Å². The summed E-state index contributed by atoms with van der Waals surface area (Å²) in [7, 11) is 4.01. The van der Waals surface area contributed by atoms with Crippen molar-refractivity contribution in [3.8, 4) is 11.4 Å². The van der Waals surface area contributed by atoms with Crippen molar-refractivity contribution in [2.45, 2.75) is 25.5 Å². The van der Waals surface area contributed by atoms with E-state index in [4.69, 9.17) is 0 Å². The van der Waals surface area contributed by atoms with Gasteiger partial charge in [0.15, 0.2) is 11.0 Å². The Labute approximate surface area is 182 Å². The Morgan fingerprint density at radius 1 is 1.17 bits per heavy atom. The zero-order chi connectivity index (χ0) is 21.7. The number of aromatic nitrogens is 3. The number of anilines is 2. The molecular formula is C23H27N5OS. The number of aryl methyl sites for hydroxylation is 2. The molecule has 0 radical (unpaired) electrons. The second kappa shape index (κ2) is 9.63. The first kappa shape index (κ1) is 21.6. The Bertz CT molecular complexity index is 1040. The maximum absolute atomic E-state index is 12.5. The molecular weight excluding hydrogens is 394 g/mol. The molecule has 0 aliphatic heterocycles. The van der Waals surface area contributed by atoms with E-state index in [-0.39, 0.29) is 11.7 Å². The number of allylic oxidation sites excluding steroid dienone is 1. The molecule has 0 bridgehead atoms. The topological polar surface area (TPSA) is 63.1 Å². The van der Waals surface area contributed by atoms with Crippen molar-refractivity contribution in [1.82, 2.24) is 14.8 Å². The molecule has 0 spiro atoms. The van der Waals surface area contributed by atoms with Crippen molar-refractivity contribution in [3.05, 3.63) is 66.2 Å². The lowest BCUT2D eigenvalue weighted by Crippen LogP contribution is -2.15. The second-order valence-electron chi connectivity index (χ2n) is 7.30. The van der Waals surface area contributed by atoms with Crippen LogP contribution in [-0.2, 0) is 11.3 Å². The first-order valence-corrected chi connectivity index (χ1v) is 10.7. The van der Waals surface area contributed by atoms with E-state index in [1.165, 1.54) is 11.8 Å². The fraction of sp³-hybridized carbons (Fsp3) is 0.261. The third-order valence-electron chi connectivity index (χ3n) is 4.67. The Morgan fingerprint density at radius 2 is 1.90 bits per heavy atom. The monoisotopic (exact) mass is 421 g/mol. The van der Waals surface area contributed by atoms with Gasteiger partial charge in [0.2, 0.25) is 5.91 Å². The molecule has 0 unspecified atom stereocenters. The van der Waals surface area contributed by atoms with E-state index < -0.39 is 0 Å². The Morgan fingerprint density at radius 3 is 2.57 bits per heavy atom. The van der Waals surface area contributed by atoms with Crippen molar-refractivity contribution in [3.63, 3.8) is 0 Å². The lowest BCUT2D eigenvalue weighted by atomic mass is 10.1. The number of hydrogen-bond donors (Lipinski definition) is 1. The summed E-state index contributed by atoms with van der Waals surface area (Å²) in [6.45, 7) is 8.41. The van der Waals surface area contributed by atoms with Gasteiger partial charge in [-0.25, -0.2) is 0 Å². The van der Waals surface area contributed by atoms with Crippen molar-refractivity contribution < 1.29 is 4.79 Å². The van der Waals surface area contributed by atoms with E-state index in [0.29, 0.717) is 11.7 Å². The highest BCUT2D eigenvalue weighted by Gasteiger charge is 2.15. The molecule has 2 aromatic carbocycles. The van der Waals surface area contributed by atoms with E-state index in [1.54, 1.807) is 6.08 Å². The molecule has 3 aromatic rings. The van der Waals surface area contributed by atoms with Gasteiger partial charge in [-0.3, -0.25) is 9.36 Å². The van der Waals surface area contributed by atoms with Gasteiger partial charge in [-0.1, -0.05) is 30.0 Å². The molecule has 0 fully saturated rings. The minimum absolute atomic E-state index is 0.0706. The Balaban J connectivity index is 1.74. The summed E-state index contributed by atoms with van der Waals surface area (Å²) in [6, 6.07) is 14.2. The van der Waals surface area contributed by atoms with Crippen LogP contribution in [0.2, 0.25) is 0 Å². The maximum Gasteiger partial charge on any atom is 0.234 e. The van der Waals surface area contributed by atoms with Crippen LogP contribution in [0, 0.1) is 13.8 Å². The van der Waals surface area contributed by atoms with Crippen LogP contribution in [0.15, 0.2) is 60.3 Å². The van der Waals surface area contributed by atoms with Crippen molar-refractivity contribution in [1.29, 1.82) is 0 Å². The molecule has 3 rings (SSSR count). The smallest absolute Gasteiger partial charge is 0.234 e. The van der Waals surface area contributed by atoms with Crippen LogP contribution in [0.25, 0.3) is 11.4 Å². The molecule has 156 valence electrons. The average molecular weight is 422 g/mol. The largest absolute Gasteiger partial charge is 0.378 e. The minimum Gasteiger partial charge on any atom is -0.378 e. The lowest BCUT2D eigenvalue weighted by molar-refractivity contribution is -0.113. The van der Waals surface area contributed by atoms with Crippen molar-refractivity contribution >= 4 is 29.0 Å². The summed E-state index contributed by atoms with van der Waals surface area (Å²) >= 11 is 1.37. The average Bonchev–Trinajstić information content (AvgIpc) is 3.12. The highest BCUT2D eigenvalue weighted by Crippen LogP contribution is 2.26. The quantitative estimate of drug-likeness (QED) is 0.427. The predicted octanol–water partition coefficient (Wildman–Crippen LogP) is 4.54. The van der Waals surface area contributed by atoms with E-state index in [1.807, 2.05) is 79.9 Å². The zero-order valence-corrected chi connectivity index (χ0v) is 18.7. The molecule has 0 aliphatic carbocycles. The molecule has 30 heavy (non-hydrogen) atoms. The molecule has 1 aromatic heterocycles. The fourth-order valence-corrected chi connectivity index (χ4v) is 3.75. The Kier molecular flexibility index (Phi) is 6.95. The highest BCUT2D eigenvalue weighted by molar-refractivity contribution is 7.99. The van der Waals surface area contributed by atoms with E-state index >= 15 is 0 Å². The normalized spacial score (nSPS) is 10.7. The number of nitrogens with zero attached hydrogens (tertiary/aromatic N) is 4. The van der Waals surface area contributed by atoms with Gasteiger partial charge in [-0.05, 0) is 55.3 Å². The second-order valence-corrected chi connectivity index (χ2v) is 8.24. The third-order valence-corrected chi connectivity index (χ3v) is 5.64. The van der Waals surface area contributed by atoms with Gasteiger partial charge < -0.3 is 10.2 Å². The van der Waals surface area contributed by atoms with E-state index in [9.17, 15) is 4.79 Å². The summed E-state index contributed by atoms with van der Waals surface area (Å²) < 4.78 is 1.98. The molecule has 6 nitrogen and oxygen atoms in total. The van der Waals surface area contributed by atoms with E-state index in [0.717, 1.165) is 33.9 Å².